The number of halogens is 3. The fourth-order valence-corrected chi connectivity index (χ4v) is 2.75. The molecule has 0 aliphatic rings. The van der Waals surface area contributed by atoms with Crippen LogP contribution in [0.15, 0.2) is 23.1 Å². The van der Waals surface area contributed by atoms with Crippen molar-refractivity contribution in [1.82, 2.24) is 0 Å². The van der Waals surface area contributed by atoms with E-state index in [4.69, 9.17) is 5.73 Å². The molecule has 0 aliphatic carbocycles. The van der Waals surface area contributed by atoms with E-state index in [1.165, 1.54) is 6.07 Å². The molecule has 1 aromatic rings. The minimum atomic E-state index is -4.42. The van der Waals surface area contributed by atoms with Gasteiger partial charge < -0.3 is 5.73 Å². The van der Waals surface area contributed by atoms with Gasteiger partial charge in [0.1, 0.15) is 0 Å². The summed E-state index contributed by atoms with van der Waals surface area (Å²) >= 11 is 0. The molecule has 6 heteroatoms. The summed E-state index contributed by atoms with van der Waals surface area (Å²) in [6.45, 7) is 2.02. The summed E-state index contributed by atoms with van der Waals surface area (Å²) in [5.41, 5.74) is 4.66. The second kappa shape index (κ2) is 6.22. The van der Waals surface area contributed by atoms with Crippen molar-refractivity contribution in [2.75, 3.05) is 11.5 Å². The average Bonchev–Trinajstić information content (AvgIpc) is 2.27. The Labute approximate surface area is 107 Å². The summed E-state index contributed by atoms with van der Waals surface area (Å²) in [4.78, 5) is 0.291. The second-order valence-corrected chi connectivity index (χ2v) is 5.55. The Kier molecular flexibility index (Phi) is 5.19. The monoisotopic (exact) mass is 279 g/mol. The molecule has 0 spiro atoms. The number of anilines is 1. The predicted molar refractivity (Wildman–Crippen MR) is 66.7 cm³/mol. The molecule has 0 aliphatic heterocycles. The molecule has 1 unspecified atom stereocenters. The molecule has 2 N–H and O–H groups in total. The van der Waals surface area contributed by atoms with Gasteiger partial charge in [0.2, 0.25) is 0 Å². The van der Waals surface area contributed by atoms with Crippen molar-refractivity contribution in [3.63, 3.8) is 0 Å². The van der Waals surface area contributed by atoms with Crippen LogP contribution in [0, 0.1) is 0 Å². The fourth-order valence-electron chi connectivity index (χ4n) is 1.53. The molecule has 1 atom stereocenters. The molecule has 2 nitrogen and oxygen atoms in total. The molecule has 0 bridgehead atoms. The summed E-state index contributed by atoms with van der Waals surface area (Å²) in [5.74, 6) is 0.434. The van der Waals surface area contributed by atoms with Crippen molar-refractivity contribution in [2.45, 2.75) is 37.3 Å². The van der Waals surface area contributed by atoms with Gasteiger partial charge in [0.05, 0.1) is 21.3 Å². The highest BCUT2D eigenvalue weighted by Gasteiger charge is 2.31. The molecule has 0 fully saturated rings. The van der Waals surface area contributed by atoms with Crippen LogP contribution in [0.25, 0.3) is 0 Å². The Morgan fingerprint density at radius 2 is 1.94 bits per heavy atom. The molecule has 1 aromatic carbocycles. The van der Waals surface area contributed by atoms with Gasteiger partial charge in [-0.3, -0.25) is 4.21 Å². The van der Waals surface area contributed by atoms with Gasteiger partial charge in [-0.2, -0.15) is 13.2 Å². The van der Waals surface area contributed by atoms with Gasteiger partial charge in [0, 0.05) is 11.4 Å². The number of benzene rings is 1. The third-order valence-corrected chi connectivity index (χ3v) is 4.04. The number of hydrogen-bond acceptors (Lipinski definition) is 2. The van der Waals surface area contributed by atoms with Crippen LogP contribution >= 0.6 is 0 Å². The van der Waals surface area contributed by atoms with Crippen LogP contribution in [0.1, 0.15) is 31.7 Å². The van der Waals surface area contributed by atoms with E-state index < -0.39 is 22.5 Å². The van der Waals surface area contributed by atoms with Crippen LogP contribution in [-0.2, 0) is 17.0 Å². The van der Waals surface area contributed by atoms with E-state index in [-0.39, 0.29) is 5.69 Å². The van der Waals surface area contributed by atoms with Crippen LogP contribution in [0.3, 0.4) is 0 Å². The molecule has 0 heterocycles. The number of hydrogen-bond donors (Lipinski definition) is 1. The summed E-state index contributed by atoms with van der Waals surface area (Å²) in [5, 5.41) is 0. The number of rotatable bonds is 5. The summed E-state index contributed by atoms with van der Waals surface area (Å²) in [6, 6.07) is 2.97. The number of unbranched alkanes of at least 4 members (excludes halogenated alkanes) is 2. The largest absolute Gasteiger partial charge is 0.416 e. The van der Waals surface area contributed by atoms with E-state index in [2.05, 4.69) is 0 Å². The molecule has 0 amide bonds. The SMILES string of the molecule is CCCCCS(=O)c1ccc(C(F)(F)F)cc1N. The maximum absolute atomic E-state index is 12.4. The van der Waals surface area contributed by atoms with E-state index in [9.17, 15) is 17.4 Å². The normalized spacial score (nSPS) is 13.6. The lowest BCUT2D eigenvalue weighted by Crippen LogP contribution is -2.08. The minimum absolute atomic E-state index is 0.0559. The van der Waals surface area contributed by atoms with Crippen molar-refractivity contribution in [1.29, 1.82) is 0 Å². The van der Waals surface area contributed by atoms with Crippen LogP contribution < -0.4 is 5.73 Å². The zero-order valence-electron chi connectivity index (χ0n) is 10.1. The van der Waals surface area contributed by atoms with Gasteiger partial charge in [0.15, 0.2) is 0 Å². The molecule has 18 heavy (non-hydrogen) atoms. The van der Waals surface area contributed by atoms with Gasteiger partial charge in [0.25, 0.3) is 0 Å². The van der Waals surface area contributed by atoms with Gasteiger partial charge in [-0.05, 0) is 24.6 Å². The number of nitrogens with two attached hydrogens (primary N) is 1. The van der Waals surface area contributed by atoms with Crippen molar-refractivity contribution in [3.8, 4) is 0 Å². The lowest BCUT2D eigenvalue weighted by molar-refractivity contribution is -0.137. The van der Waals surface area contributed by atoms with Crippen LogP contribution in [-0.4, -0.2) is 9.96 Å². The molecule has 0 aromatic heterocycles. The Morgan fingerprint density at radius 1 is 1.28 bits per heavy atom. The summed E-state index contributed by atoms with van der Waals surface area (Å²) < 4.78 is 49.1. The number of alkyl halides is 3. The van der Waals surface area contributed by atoms with Gasteiger partial charge in [-0.1, -0.05) is 19.8 Å². The third kappa shape index (κ3) is 4.01. The highest BCUT2D eigenvalue weighted by atomic mass is 32.2. The molecular weight excluding hydrogens is 263 g/mol. The van der Waals surface area contributed by atoms with E-state index >= 15 is 0 Å². The van der Waals surface area contributed by atoms with Crippen LogP contribution in [0.2, 0.25) is 0 Å². The first-order valence-electron chi connectivity index (χ1n) is 5.71. The van der Waals surface area contributed by atoms with Gasteiger partial charge >= 0.3 is 6.18 Å². The summed E-state index contributed by atoms with van der Waals surface area (Å²) in [6.07, 6.45) is -1.69. The molecule has 0 saturated heterocycles. The van der Waals surface area contributed by atoms with Crippen molar-refractivity contribution in [2.24, 2.45) is 0 Å². The van der Waals surface area contributed by atoms with E-state index in [0.717, 1.165) is 31.4 Å². The Bertz CT molecular complexity index is 432. The van der Waals surface area contributed by atoms with Crippen molar-refractivity contribution >= 4 is 16.5 Å². The standard InChI is InChI=1S/C12H16F3NOS/c1-2-3-4-7-18(17)11-6-5-9(8-10(11)16)12(13,14)15/h5-6,8H,2-4,7,16H2,1H3. The van der Waals surface area contributed by atoms with Crippen molar-refractivity contribution in [3.05, 3.63) is 23.8 Å². The molecule has 102 valence electrons. The Balaban J connectivity index is 2.82. The maximum Gasteiger partial charge on any atom is 0.416 e. The van der Waals surface area contributed by atoms with E-state index in [1.807, 2.05) is 6.92 Å². The van der Waals surface area contributed by atoms with Gasteiger partial charge in [-0.15, -0.1) is 0 Å². The molecule has 0 radical (unpaired) electrons. The lowest BCUT2D eigenvalue weighted by Gasteiger charge is -2.10. The highest BCUT2D eigenvalue weighted by Crippen LogP contribution is 2.32. The molecule has 1 rings (SSSR count). The van der Waals surface area contributed by atoms with E-state index in [0.29, 0.717) is 10.6 Å². The zero-order chi connectivity index (χ0) is 13.8. The van der Waals surface area contributed by atoms with Gasteiger partial charge in [-0.25, -0.2) is 0 Å². The molecule has 0 saturated carbocycles. The van der Waals surface area contributed by atoms with Crippen LogP contribution in [0.4, 0.5) is 18.9 Å². The Hall–Kier alpha value is -1.04. The fraction of sp³-hybridized carbons (Fsp3) is 0.500. The second-order valence-electron chi connectivity index (χ2n) is 4.01. The smallest absolute Gasteiger partial charge is 0.398 e. The predicted octanol–water partition coefficient (Wildman–Crippen LogP) is 3.59. The molecular formula is C12H16F3NOS. The van der Waals surface area contributed by atoms with Crippen LogP contribution in [0.5, 0.6) is 0 Å². The topological polar surface area (TPSA) is 43.1 Å². The minimum Gasteiger partial charge on any atom is -0.398 e. The average molecular weight is 279 g/mol. The van der Waals surface area contributed by atoms with E-state index in [1.54, 1.807) is 0 Å². The first kappa shape index (κ1) is 15.0. The highest BCUT2D eigenvalue weighted by molar-refractivity contribution is 7.85. The third-order valence-electron chi connectivity index (χ3n) is 2.52. The summed E-state index contributed by atoms with van der Waals surface area (Å²) in [7, 11) is -1.32. The Morgan fingerprint density at radius 3 is 2.44 bits per heavy atom. The first-order valence-corrected chi connectivity index (χ1v) is 7.03. The van der Waals surface area contributed by atoms with Crippen molar-refractivity contribution < 1.29 is 17.4 Å². The number of nitrogen functional groups attached to an aromatic ring is 1. The zero-order valence-corrected chi connectivity index (χ0v) is 10.9. The maximum atomic E-state index is 12.4. The quantitative estimate of drug-likeness (QED) is 0.661. The first-order chi connectivity index (χ1) is 8.36. The lowest BCUT2D eigenvalue weighted by atomic mass is 10.2.